The summed E-state index contributed by atoms with van der Waals surface area (Å²) < 4.78 is 5.63. The normalized spacial score (nSPS) is 12.6. The molecule has 3 N–H and O–H groups in total. The van der Waals surface area contributed by atoms with E-state index in [0.717, 1.165) is 12.0 Å². The van der Waals surface area contributed by atoms with E-state index < -0.39 is 0 Å². The van der Waals surface area contributed by atoms with Crippen LogP contribution >= 0.6 is 15.9 Å². The second-order valence-corrected chi connectivity index (χ2v) is 3.92. The van der Waals surface area contributed by atoms with Crippen LogP contribution in [-0.4, -0.2) is 12.2 Å². The maximum Gasteiger partial charge on any atom is 0.172 e. The molecule has 0 aliphatic carbocycles. The standard InChI is InChI=1S/C10H14BrNO2/c1-3-8(12)6-4-7(11)10(13)9(5-6)14-2/h4-5,8,13H,3,12H2,1-2H3/t8-/m1/s1. The highest BCUT2D eigenvalue weighted by atomic mass is 79.9. The van der Waals surface area contributed by atoms with Crippen LogP contribution in [-0.2, 0) is 0 Å². The summed E-state index contributed by atoms with van der Waals surface area (Å²) in [6.07, 6.45) is 0.848. The molecule has 1 atom stereocenters. The van der Waals surface area contributed by atoms with Crippen molar-refractivity contribution in [3.05, 3.63) is 22.2 Å². The third-order valence-corrected chi connectivity index (χ3v) is 2.74. The van der Waals surface area contributed by atoms with Crippen molar-refractivity contribution in [1.82, 2.24) is 0 Å². The van der Waals surface area contributed by atoms with Gasteiger partial charge in [-0.25, -0.2) is 0 Å². The fraction of sp³-hybridized carbons (Fsp3) is 0.400. The predicted octanol–water partition coefficient (Wildman–Crippen LogP) is 2.57. The minimum atomic E-state index is -0.0270. The molecule has 14 heavy (non-hydrogen) atoms. The van der Waals surface area contributed by atoms with Crippen molar-refractivity contribution in [2.75, 3.05) is 7.11 Å². The molecule has 0 saturated heterocycles. The van der Waals surface area contributed by atoms with E-state index in [4.69, 9.17) is 10.5 Å². The van der Waals surface area contributed by atoms with Gasteiger partial charge in [-0.2, -0.15) is 0 Å². The van der Waals surface area contributed by atoms with Gasteiger partial charge < -0.3 is 15.6 Å². The first kappa shape index (κ1) is 11.3. The Hall–Kier alpha value is -0.740. The van der Waals surface area contributed by atoms with E-state index >= 15 is 0 Å². The van der Waals surface area contributed by atoms with Gasteiger partial charge in [0.25, 0.3) is 0 Å². The molecule has 78 valence electrons. The quantitative estimate of drug-likeness (QED) is 0.878. The molecule has 0 aliphatic rings. The van der Waals surface area contributed by atoms with E-state index in [-0.39, 0.29) is 11.8 Å². The number of methoxy groups -OCH3 is 1. The predicted molar refractivity (Wildman–Crippen MR) is 59.6 cm³/mol. The van der Waals surface area contributed by atoms with Crippen molar-refractivity contribution < 1.29 is 9.84 Å². The van der Waals surface area contributed by atoms with Crippen LogP contribution < -0.4 is 10.5 Å². The third kappa shape index (κ3) is 2.19. The number of aromatic hydroxyl groups is 1. The van der Waals surface area contributed by atoms with Crippen LogP contribution in [0.15, 0.2) is 16.6 Å². The van der Waals surface area contributed by atoms with Crippen molar-refractivity contribution in [3.8, 4) is 11.5 Å². The lowest BCUT2D eigenvalue weighted by molar-refractivity contribution is 0.371. The zero-order valence-corrected chi connectivity index (χ0v) is 9.84. The van der Waals surface area contributed by atoms with E-state index in [2.05, 4.69) is 15.9 Å². The van der Waals surface area contributed by atoms with Crippen molar-refractivity contribution in [2.24, 2.45) is 5.73 Å². The molecule has 0 radical (unpaired) electrons. The number of phenolic OH excluding ortho intramolecular Hbond substituents is 1. The summed E-state index contributed by atoms with van der Waals surface area (Å²) in [5, 5.41) is 9.56. The molecular weight excluding hydrogens is 246 g/mol. The molecule has 1 aromatic carbocycles. The molecule has 3 nitrogen and oxygen atoms in total. The zero-order chi connectivity index (χ0) is 10.7. The Bertz CT molecular complexity index is 328. The Labute approximate surface area is 92.0 Å². The van der Waals surface area contributed by atoms with Crippen molar-refractivity contribution in [1.29, 1.82) is 0 Å². The Kier molecular flexibility index (Phi) is 3.77. The van der Waals surface area contributed by atoms with Gasteiger partial charge in [0.1, 0.15) is 0 Å². The fourth-order valence-corrected chi connectivity index (χ4v) is 1.66. The molecule has 0 aromatic heterocycles. The van der Waals surface area contributed by atoms with Crippen LogP contribution in [0.2, 0.25) is 0 Å². The largest absolute Gasteiger partial charge is 0.503 e. The van der Waals surface area contributed by atoms with Gasteiger partial charge in [-0.05, 0) is 40.0 Å². The first-order valence-electron chi connectivity index (χ1n) is 4.42. The molecule has 0 amide bonds. The molecule has 1 aromatic rings. The van der Waals surface area contributed by atoms with E-state index in [1.807, 2.05) is 13.0 Å². The number of phenols is 1. The van der Waals surface area contributed by atoms with Gasteiger partial charge in [-0.3, -0.25) is 0 Å². The van der Waals surface area contributed by atoms with Gasteiger partial charge in [-0.1, -0.05) is 6.92 Å². The molecule has 0 saturated carbocycles. The number of hydrogen-bond acceptors (Lipinski definition) is 3. The lowest BCUT2D eigenvalue weighted by Crippen LogP contribution is -2.08. The number of rotatable bonds is 3. The number of nitrogens with two attached hydrogens (primary N) is 1. The van der Waals surface area contributed by atoms with Crippen LogP contribution in [0.4, 0.5) is 0 Å². The smallest absolute Gasteiger partial charge is 0.172 e. The van der Waals surface area contributed by atoms with Gasteiger partial charge >= 0.3 is 0 Å². The van der Waals surface area contributed by atoms with Crippen molar-refractivity contribution >= 4 is 15.9 Å². The van der Waals surface area contributed by atoms with Crippen molar-refractivity contribution in [2.45, 2.75) is 19.4 Å². The monoisotopic (exact) mass is 259 g/mol. The maximum atomic E-state index is 9.56. The molecule has 1 rings (SSSR count). The van der Waals surface area contributed by atoms with Crippen LogP contribution in [0.5, 0.6) is 11.5 Å². The van der Waals surface area contributed by atoms with Crippen LogP contribution in [0.1, 0.15) is 24.9 Å². The Morgan fingerprint density at radius 3 is 2.71 bits per heavy atom. The maximum absolute atomic E-state index is 9.56. The van der Waals surface area contributed by atoms with Gasteiger partial charge in [0.15, 0.2) is 11.5 Å². The highest BCUT2D eigenvalue weighted by molar-refractivity contribution is 9.10. The summed E-state index contributed by atoms with van der Waals surface area (Å²) in [7, 11) is 1.52. The summed E-state index contributed by atoms with van der Waals surface area (Å²) in [5.74, 6) is 0.554. The Balaban J connectivity index is 3.16. The van der Waals surface area contributed by atoms with E-state index in [0.29, 0.717) is 10.2 Å². The molecule has 4 heteroatoms. The van der Waals surface area contributed by atoms with E-state index in [1.165, 1.54) is 7.11 Å². The van der Waals surface area contributed by atoms with Crippen molar-refractivity contribution in [3.63, 3.8) is 0 Å². The number of ether oxygens (including phenoxy) is 1. The molecule has 0 bridgehead atoms. The topological polar surface area (TPSA) is 55.5 Å². The Morgan fingerprint density at radius 2 is 2.21 bits per heavy atom. The average molecular weight is 260 g/mol. The highest BCUT2D eigenvalue weighted by Crippen LogP contribution is 2.36. The summed E-state index contributed by atoms with van der Waals surface area (Å²) in [6, 6.07) is 3.54. The summed E-state index contributed by atoms with van der Waals surface area (Å²) in [4.78, 5) is 0. The summed E-state index contributed by atoms with van der Waals surface area (Å²) in [5.41, 5.74) is 6.83. The van der Waals surface area contributed by atoms with E-state index in [1.54, 1.807) is 6.07 Å². The van der Waals surface area contributed by atoms with Crippen LogP contribution in [0.3, 0.4) is 0 Å². The summed E-state index contributed by atoms with van der Waals surface area (Å²) in [6.45, 7) is 2.01. The first-order valence-corrected chi connectivity index (χ1v) is 5.21. The van der Waals surface area contributed by atoms with Gasteiger partial charge in [-0.15, -0.1) is 0 Å². The lowest BCUT2D eigenvalue weighted by Gasteiger charge is -2.13. The molecular formula is C10H14BrNO2. The number of benzene rings is 1. The minimum Gasteiger partial charge on any atom is -0.503 e. The van der Waals surface area contributed by atoms with E-state index in [9.17, 15) is 5.11 Å². The molecule has 0 fully saturated rings. The molecule has 0 aliphatic heterocycles. The number of halogens is 1. The number of hydrogen-bond donors (Lipinski definition) is 2. The zero-order valence-electron chi connectivity index (χ0n) is 8.25. The second kappa shape index (κ2) is 4.66. The SMILES string of the molecule is CC[C@@H](N)c1cc(Br)c(O)c(OC)c1. The summed E-state index contributed by atoms with van der Waals surface area (Å²) >= 11 is 3.25. The average Bonchev–Trinajstić information content (AvgIpc) is 2.20. The third-order valence-electron chi connectivity index (χ3n) is 2.14. The van der Waals surface area contributed by atoms with Gasteiger partial charge in [0.05, 0.1) is 11.6 Å². The molecule has 0 spiro atoms. The lowest BCUT2D eigenvalue weighted by atomic mass is 10.1. The second-order valence-electron chi connectivity index (χ2n) is 3.07. The molecule has 0 heterocycles. The van der Waals surface area contributed by atoms with Crippen LogP contribution in [0, 0.1) is 0 Å². The van der Waals surface area contributed by atoms with Gasteiger partial charge in [0, 0.05) is 6.04 Å². The molecule has 0 unspecified atom stereocenters. The Morgan fingerprint density at radius 1 is 1.57 bits per heavy atom. The fourth-order valence-electron chi connectivity index (χ4n) is 1.20. The first-order chi connectivity index (χ1) is 6.60. The minimum absolute atomic E-state index is 0.0270. The van der Waals surface area contributed by atoms with Crippen LogP contribution in [0.25, 0.3) is 0 Å². The van der Waals surface area contributed by atoms with Gasteiger partial charge in [0.2, 0.25) is 0 Å². The highest BCUT2D eigenvalue weighted by Gasteiger charge is 2.11.